The summed E-state index contributed by atoms with van der Waals surface area (Å²) in [5.74, 6) is -0.319. The molecule has 168 valence electrons. The van der Waals surface area contributed by atoms with E-state index < -0.39 is 28.0 Å². The van der Waals surface area contributed by atoms with Gasteiger partial charge in [0.25, 0.3) is 0 Å². The number of fused-ring (bicyclic) bond motifs is 1. The summed E-state index contributed by atoms with van der Waals surface area (Å²) >= 11 is 0. The van der Waals surface area contributed by atoms with E-state index in [1.807, 2.05) is 24.3 Å². The molecule has 6 nitrogen and oxygen atoms in total. The SMILES string of the molecule is CC(C)C(NS(=O)(=O)c1ccc2ccccc2c1)C(=O)NC(C=O)CC1CCCCC1. The smallest absolute Gasteiger partial charge is 0.241 e. The van der Waals surface area contributed by atoms with Crippen molar-refractivity contribution >= 4 is 33.0 Å². The summed E-state index contributed by atoms with van der Waals surface area (Å²) in [7, 11) is -3.91. The van der Waals surface area contributed by atoms with E-state index in [0.717, 1.165) is 42.7 Å². The molecule has 0 saturated heterocycles. The second kappa shape index (κ2) is 10.4. The lowest BCUT2D eigenvalue weighted by Crippen LogP contribution is -2.52. The van der Waals surface area contributed by atoms with Crippen LogP contribution in [0, 0.1) is 11.8 Å². The lowest BCUT2D eigenvalue weighted by molar-refractivity contribution is -0.126. The molecule has 7 heteroatoms. The first kappa shape index (κ1) is 23.4. The van der Waals surface area contributed by atoms with Gasteiger partial charge in [0, 0.05) is 0 Å². The van der Waals surface area contributed by atoms with Gasteiger partial charge in [-0.2, -0.15) is 4.72 Å². The van der Waals surface area contributed by atoms with Crippen LogP contribution in [0.2, 0.25) is 0 Å². The molecule has 1 aliphatic rings. The number of rotatable bonds is 9. The van der Waals surface area contributed by atoms with Gasteiger partial charge >= 0.3 is 0 Å². The monoisotopic (exact) mass is 444 g/mol. The summed E-state index contributed by atoms with van der Waals surface area (Å²) in [6, 6.07) is 10.8. The van der Waals surface area contributed by atoms with Crippen molar-refractivity contribution in [3.63, 3.8) is 0 Å². The fourth-order valence-corrected chi connectivity index (χ4v) is 5.64. The standard InChI is InChI=1S/C24H32N2O4S/c1-17(2)23(24(28)25-21(16-27)14-18-8-4-3-5-9-18)26-31(29,30)22-13-12-19-10-6-7-11-20(19)15-22/h6-7,10-13,15-18,21,23,26H,3-5,8-9,14H2,1-2H3,(H,25,28). The molecular weight excluding hydrogens is 412 g/mol. The van der Waals surface area contributed by atoms with Crippen molar-refractivity contribution in [1.29, 1.82) is 0 Å². The Hall–Kier alpha value is -2.25. The first-order valence-corrected chi connectivity index (χ1v) is 12.6. The highest BCUT2D eigenvalue weighted by molar-refractivity contribution is 7.89. The summed E-state index contributed by atoms with van der Waals surface area (Å²) in [6.45, 7) is 3.56. The first-order valence-electron chi connectivity index (χ1n) is 11.1. The molecule has 1 fully saturated rings. The van der Waals surface area contributed by atoms with E-state index in [2.05, 4.69) is 10.0 Å². The summed E-state index contributed by atoms with van der Waals surface area (Å²) < 4.78 is 28.6. The Balaban J connectivity index is 1.72. The van der Waals surface area contributed by atoms with Gasteiger partial charge < -0.3 is 10.1 Å². The molecule has 1 aliphatic carbocycles. The van der Waals surface area contributed by atoms with Gasteiger partial charge in [0.1, 0.15) is 12.3 Å². The zero-order chi connectivity index (χ0) is 22.4. The van der Waals surface area contributed by atoms with Gasteiger partial charge in [0.15, 0.2) is 0 Å². The van der Waals surface area contributed by atoms with Crippen molar-refractivity contribution in [2.45, 2.75) is 69.4 Å². The molecule has 1 saturated carbocycles. The topological polar surface area (TPSA) is 92.3 Å². The predicted molar refractivity (Wildman–Crippen MR) is 122 cm³/mol. The lowest BCUT2D eigenvalue weighted by atomic mass is 9.85. The van der Waals surface area contributed by atoms with Crippen molar-refractivity contribution in [2.24, 2.45) is 11.8 Å². The average molecular weight is 445 g/mol. The molecular formula is C24H32N2O4S. The highest BCUT2D eigenvalue weighted by Gasteiger charge is 2.30. The van der Waals surface area contributed by atoms with Crippen LogP contribution in [0.25, 0.3) is 10.8 Å². The van der Waals surface area contributed by atoms with Crippen LogP contribution in [-0.4, -0.2) is 32.7 Å². The number of nitrogens with one attached hydrogen (secondary N) is 2. The van der Waals surface area contributed by atoms with Gasteiger partial charge in [-0.15, -0.1) is 0 Å². The number of carbonyl (C=O) groups is 2. The third-order valence-corrected chi connectivity index (χ3v) is 7.51. The van der Waals surface area contributed by atoms with Crippen LogP contribution in [0.4, 0.5) is 0 Å². The number of hydrogen-bond acceptors (Lipinski definition) is 4. The molecule has 2 aromatic carbocycles. The number of aldehydes is 1. The van der Waals surface area contributed by atoms with Crippen LogP contribution in [0.1, 0.15) is 52.4 Å². The highest BCUT2D eigenvalue weighted by atomic mass is 32.2. The van der Waals surface area contributed by atoms with Crippen LogP contribution in [0.5, 0.6) is 0 Å². The Bertz CT molecular complexity index is 1010. The molecule has 0 aromatic heterocycles. The predicted octanol–water partition coefficient (Wildman–Crippen LogP) is 3.80. The average Bonchev–Trinajstić information content (AvgIpc) is 2.77. The second-order valence-corrected chi connectivity index (χ2v) is 10.6. The Morgan fingerprint density at radius 3 is 2.39 bits per heavy atom. The van der Waals surface area contributed by atoms with Crippen molar-refractivity contribution in [3.05, 3.63) is 42.5 Å². The van der Waals surface area contributed by atoms with Crippen molar-refractivity contribution in [2.75, 3.05) is 0 Å². The Kier molecular flexibility index (Phi) is 7.84. The summed E-state index contributed by atoms with van der Waals surface area (Å²) in [6.07, 6.45) is 7.05. The highest BCUT2D eigenvalue weighted by Crippen LogP contribution is 2.27. The zero-order valence-corrected chi connectivity index (χ0v) is 19.0. The molecule has 0 bridgehead atoms. The number of sulfonamides is 1. The summed E-state index contributed by atoms with van der Waals surface area (Å²) in [5.41, 5.74) is 0. The minimum Gasteiger partial charge on any atom is -0.345 e. The summed E-state index contributed by atoms with van der Waals surface area (Å²) in [4.78, 5) is 24.6. The quantitative estimate of drug-likeness (QED) is 0.576. The third kappa shape index (κ3) is 6.14. The Morgan fingerprint density at radius 2 is 1.74 bits per heavy atom. The summed E-state index contributed by atoms with van der Waals surface area (Å²) in [5, 5.41) is 4.52. The van der Waals surface area contributed by atoms with Gasteiger partial charge in [-0.05, 0) is 41.2 Å². The van der Waals surface area contributed by atoms with Crippen LogP contribution in [0.3, 0.4) is 0 Å². The molecule has 0 heterocycles. The van der Waals surface area contributed by atoms with Crippen molar-refractivity contribution < 1.29 is 18.0 Å². The molecule has 0 spiro atoms. The molecule has 0 radical (unpaired) electrons. The van der Waals surface area contributed by atoms with Gasteiger partial charge in [0.2, 0.25) is 15.9 Å². The zero-order valence-electron chi connectivity index (χ0n) is 18.2. The number of hydrogen-bond donors (Lipinski definition) is 2. The molecule has 1 amide bonds. The van der Waals surface area contributed by atoms with Crippen LogP contribution in [0.15, 0.2) is 47.4 Å². The fraction of sp³-hybridized carbons (Fsp3) is 0.500. The second-order valence-electron chi connectivity index (χ2n) is 8.84. The number of carbonyl (C=O) groups excluding carboxylic acids is 2. The van der Waals surface area contributed by atoms with E-state index in [0.29, 0.717) is 12.3 Å². The van der Waals surface area contributed by atoms with E-state index >= 15 is 0 Å². The van der Waals surface area contributed by atoms with Gasteiger partial charge in [-0.1, -0.05) is 76.3 Å². The van der Waals surface area contributed by atoms with E-state index in [-0.39, 0.29) is 10.8 Å². The normalized spacial score (nSPS) is 17.4. The Labute approximate surface area is 184 Å². The van der Waals surface area contributed by atoms with Crippen LogP contribution < -0.4 is 10.0 Å². The molecule has 2 unspecified atom stereocenters. The first-order chi connectivity index (χ1) is 14.8. The van der Waals surface area contributed by atoms with E-state index in [9.17, 15) is 18.0 Å². The minimum absolute atomic E-state index is 0.110. The van der Waals surface area contributed by atoms with E-state index in [1.54, 1.807) is 26.0 Å². The molecule has 31 heavy (non-hydrogen) atoms. The minimum atomic E-state index is -3.91. The molecule has 3 rings (SSSR count). The van der Waals surface area contributed by atoms with Crippen LogP contribution >= 0.6 is 0 Å². The van der Waals surface area contributed by atoms with E-state index in [4.69, 9.17) is 0 Å². The number of amides is 1. The van der Waals surface area contributed by atoms with Gasteiger partial charge in [-0.3, -0.25) is 4.79 Å². The van der Waals surface area contributed by atoms with Gasteiger partial charge in [0.05, 0.1) is 10.9 Å². The molecule has 2 aromatic rings. The largest absolute Gasteiger partial charge is 0.345 e. The van der Waals surface area contributed by atoms with E-state index in [1.165, 1.54) is 12.5 Å². The van der Waals surface area contributed by atoms with Crippen LogP contribution in [-0.2, 0) is 19.6 Å². The number of benzene rings is 2. The third-order valence-electron chi connectivity index (χ3n) is 6.07. The lowest BCUT2D eigenvalue weighted by Gasteiger charge is -2.27. The maximum atomic E-state index is 13.0. The fourth-order valence-electron chi connectivity index (χ4n) is 4.27. The maximum Gasteiger partial charge on any atom is 0.241 e. The molecule has 2 N–H and O–H groups in total. The molecule has 2 atom stereocenters. The molecule has 0 aliphatic heterocycles. The van der Waals surface area contributed by atoms with Gasteiger partial charge in [-0.25, -0.2) is 8.42 Å². The van der Waals surface area contributed by atoms with Crippen molar-refractivity contribution in [3.8, 4) is 0 Å². The van der Waals surface area contributed by atoms with Crippen molar-refractivity contribution in [1.82, 2.24) is 10.0 Å². The Morgan fingerprint density at radius 1 is 1.06 bits per heavy atom. The maximum absolute atomic E-state index is 13.0.